The van der Waals surface area contributed by atoms with E-state index in [0.29, 0.717) is 12.4 Å². The minimum atomic E-state index is -3.65. The molecule has 4 nitrogen and oxygen atoms in total. The molecule has 0 saturated heterocycles. The predicted octanol–water partition coefficient (Wildman–Crippen LogP) is 3.27. The number of thioether (sulfide) groups is 1. The molecular formula is C14H14BrNO3S2. The minimum absolute atomic E-state index is 0.0810. The number of ether oxygens (including phenoxy) is 1. The molecule has 0 saturated carbocycles. The number of hydrogen-bond donors (Lipinski definition) is 1. The van der Waals surface area contributed by atoms with Gasteiger partial charge in [0, 0.05) is 15.1 Å². The van der Waals surface area contributed by atoms with E-state index >= 15 is 0 Å². The molecule has 0 aliphatic heterocycles. The van der Waals surface area contributed by atoms with Crippen LogP contribution < -0.4 is 9.88 Å². The third-order valence-corrected chi connectivity index (χ3v) is 5.52. The van der Waals surface area contributed by atoms with E-state index in [9.17, 15) is 8.42 Å². The number of rotatable bonds is 6. The standard InChI is InChI=1S/C14H14BrNO3S2/c15-13-3-1-2-4-14(13)20-10-9-19-11-5-7-12(8-6-11)21(16,17)18/h1-8H,9-10H2,(H2,16,17,18). The topological polar surface area (TPSA) is 69.4 Å². The molecule has 7 heteroatoms. The van der Waals surface area contributed by atoms with Crippen LogP contribution in [-0.2, 0) is 10.0 Å². The monoisotopic (exact) mass is 387 g/mol. The highest BCUT2D eigenvalue weighted by Crippen LogP contribution is 2.26. The Kier molecular flexibility index (Phi) is 5.69. The molecule has 0 heterocycles. The van der Waals surface area contributed by atoms with Gasteiger partial charge in [0.1, 0.15) is 5.75 Å². The number of halogens is 1. The van der Waals surface area contributed by atoms with Gasteiger partial charge >= 0.3 is 0 Å². The van der Waals surface area contributed by atoms with Crippen LogP contribution in [0.2, 0.25) is 0 Å². The largest absolute Gasteiger partial charge is 0.493 e. The van der Waals surface area contributed by atoms with Gasteiger partial charge in [-0.3, -0.25) is 0 Å². The first-order valence-electron chi connectivity index (χ1n) is 6.10. The van der Waals surface area contributed by atoms with Gasteiger partial charge in [-0.2, -0.15) is 0 Å². The van der Waals surface area contributed by atoms with Gasteiger partial charge in [0.15, 0.2) is 0 Å². The summed E-state index contributed by atoms with van der Waals surface area (Å²) in [6.07, 6.45) is 0. The van der Waals surface area contributed by atoms with Gasteiger partial charge in [-0.15, -0.1) is 11.8 Å². The lowest BCUT2D eigenvalue weighted by atomic mass is 10.3. The van der Waals surface area contributed by atoms with Crippen LogP contribution in [0.15, 0.2) is 62.8 Å². The molecule has 0 bridgehead atoms. The van der Waals surface area contributed by atoms with Crippen molar-refractivity contribution in [2.75, 3.05) is 12.4 Å². The number of benzene rings is 2. The van der Waals surface area contributed by atoms with E-state index in [2.05, 4.69) is 15.9 Å². The van der Waals surface area contributed by atoms with Crippen molar-refractivity contribution < 1.29 is 13.2 Å². The Hall–Kier alpha value is -1.02. The van der Waals surface area contributed by atoms with Crippen molar-refractivity contribution in [3.8, 4) is 5.75 Å². The van der Waals surface area contributed by atoms with Gasteiger partial charge in [-0.25, -0.2) is 13.6 Å². The Labute approximate surface area is 136 Å². The zero-order chi connectivity index (χ0) is 15.3. The molecule has 2 N–H and O–H groups in total. The fourth-order valence-corrected chi connectivity index (χ4v) is 3.51. The van der Waals surface area contributed by atoms with Crippen LogP contribution in [-0.4, -0.2) is 20.8 Å². The van der Waals surface area contributed by atoms with E-state index in [1.807, 2.05) is 24.3 Å². The maximum atomic E-state index is 11.1. The maximum Gasteiger partial charge on any atom is 0.238 e. The van der Waals surface area contributed by atoms with Crippen LogP contribution in [0, 0.1) is 0 Å². The molecule has 0 atom stereocenters. The van der Waals surface area contributed by atoms with Crippen LogP contribution in [0.4, 0.5) is 0 Å². The smallest absolute Gasteiger partial charge is 0.238 e. The summed E-state index contributed by atoms with van der Waals surface area (Å²) in [5.74, 6) is 1.41. The molecule has 2 rings (SSSR count). The van der Waals surface area contributed by atoms with Crippen molar-refractivity contribution in [2.45, 2.75) is 9.79 Å². The molecule has 2 aromatic rings. The van der Waals surface area contributed by atoms with Gasteiger partial charge < -0.3 is 4.74 Å². The number of nitrogens with two attached hydrogens (primary N) is 1. The lowest BCUT2D eigenvalue weighted by molar-refractivity contribution is 0.343. The van der Waals surface area contributed by atoms with Crippen molar-refractivity contribution in [3.05, 3.63) is 53.0 Å². The van der Waals surface area contributed by atoms with Crippen LogP contribution >= 0.6 is 27.7 Å². The van der Waals surface area contributed by atoms with Crippen molar-refractivity contribution in [1.82, 2.24) is 0 Å². The van der Waals surface area contributed by atoms with E-state index in [1.54, 1.807) is 23.9 Å². The zero-order valence-corrected chi connectivity index (χ0v) is 14.2. The van der Waals surface area contributed by atoms with Gasteiger partial charge in [0.2, 0.25) is 10.0 Å². The van der Waals surface area contributed by atoms with Gasteiger partial charge in [-0.05, 0) is 52.3 Å². The van der Waals surface area contributed by atoms with Gasteiger partial charge in [0.05, 0.1) is 11.5 Å². The SMILES string of the molecule is NS(=O)(=O)c1ccc(OCCSc2ccccc2Br)cc1. The Morgan fingerprint density at radius 3 is 2.38 bits per heavy atom. The lowest BCUT2D eigenvalue weighted by Gasteiger charge is -2.07. The molecule has 2 aromatic carbocycles. The van der Waals surface area contributed by atoms with E-state index in [4.69, 9.17) is 9.88 Å². The number of hydrogen-bond acceptors (Lipinski definition) is 4. The predicted molar refractivity (Wildman–Crippen MR) is 88.2 cm³/mol. The molecule has 0 aliphatic rings. The Morgan fingerprint density at radius 1 is 1.10 bits per heavy atom. The number of sulfonamides is 1. The molecule has 0 amide bonds. The third kappa shape index (κ3) is 5.03. The van der Waals surface area contributed by atoms with E-state index in [0.717, 1.165) is 15.1 Å². The molecule has 0 unspecified atom stereocenters. The van der Waals surface area contributed by atoms with Crippen molar-refractivity contribution in [3.63, 3.8) is 0 Å². The molecular weight excluding hydrogens is 374 g/mol. The van der Waals surface area contributed by atoms with Crippen LogP contribution in [0.3, 0.4) is 0 Å². The first kappa shape index (κ1) is 16.4. The second kappa shape index (κ2) is 7.31. The van der Waals surface area contributed by atoms with E-state index in [1.165, 1.54) is 12.1 Å². The van der Waals surface area contributed by atoms with E-state index < -0.39 is 10.0 Å². The normalized spacial score (nSPS) is 11.3. The quantitative estimate of drug-likeness (QED) is 0.609. The lowest BCUT2D eigenvalue weighted by Crippen LogP contribution is -2.11. The summed E-state index contributed by atoms with van der Waals surface area (Å²) in [7, 11) is -3.65. The number of primary sulfonamides is 1. The molecule has 21 heavy (non-hydrogen) atoms. The van der Waals surface area contributed by atoms with Crippen LogP contribution in [0.1, 0.15) is 0 Å². The Balaban J connectivity index is 1.83. The zero-order valence-electron chi connectivity index (χ0n) is 11.0. The highest BCUT2D eigenvalue weighted by Gasteiger charge is 2.07. The summed E-state index contributed by atoms with van der Waals surface area (Å²) in [5.41, 5.74) is 0. The molecule has 0 radical (unpaired) electrons. The maximum absolute atomic E-state index is 11.1. The fourth-order valence-electron chi connectivity index (χ4n) is 1.60. The highest BCUT2D eigenvalue weighted by atomic mass is 79.9. The summed E-state index contributed by atoms with van der Waals surface area (Å²) < 4.78 is 28.9. The minimum Gasteiger partial charge on any atom is -0.493 e. The Morgan fingerprint density at radius 2 is 1.76 bits per heavy atom. The highest BCUT2D eigenvalue weighted by molar-refractivity contribution is 9.10. The van der Waals surface area contributed by atoms with Crippen molar-refractivity contribution in [2.24, 2.45) is 5.14 Å². The summed E-state index contributed by atoms with van der Waals surface area (Å²) >= 11 is 5.18. The third-order valence-electron chi connectivity index (χ3n) is 2.60. The van der Waals surface area contributed by atoms with Gasteiger partial charge in [-0.1, -0.05) is 12.1 Å². The molecule has 112 valence electrons. The average Bonchev–Trinajstić information content (AvgIpc) is 2.45. The molecule has 0 aliphatic carbocycles. The van der Waals surface area contributed by atoms with Crippen LogP contribution in [0.25, 0.3) is 0 Å². The van der Waals surface area contributed by atoms with Gasteiger partial charge in [0.25, 0.3) is 0 Å². The summed E-state index contributed by atoms with van der Waals surface area (Å²) in [6, 6.07) is 14.1. The second-order valence-corrected chi connectivity index (χ2v) is 7.70. The molecule has 0 spiro atoms. The summed E-state index contributed by atoms with van der Waals surface area (Å²) in [4.78, 5) is 1.24. The van der Waals surface area contributed by atoms with Crippen molar-refractivity contribution in [1.29, 1.82) is 0 Å². The molecule has 0 aromatic heterocycles. The van der Waals surface area contributed by atoms with Crippen molar-refractivity contribution >= 4 is 37.7 Å². The fraction of sp³-hybridized carbons (Fsp3) is 0.143. The average molecular weight is 388 g/mol. The first-order valence-corrected chi connectivity index (χ1v) is 9.42. The second-order valence-electron chi connectivity index (χ2n) is 4.14. The summed E-state index contributed by atoms with van der Waals surface area (Å²) in [6.45, 7) is 0.528. The van der Waals surface area contributed by atoms with Crippen LogP contribution in [0.5, 0.6) is 5.75 Å². The molecule has 0 fully saturated rings. The Bertz CT molecular complexity index is 702. The summed E-state index contributed by atoms with van der Waals surface area (Å²) in [5, 5.41) is 5.03. The van der Waals surface area contributed by atoms with E-state index in [-0.39, 0.29) is 4.90 Å². The first-order chi connectivity index (χ1) is 9.97.